The molecule has 0 aliphatic heterocycles. The van der Waals surface area contributed by atoms with Crippen LogP contribution < -0.4 is 5.32 Å². The second-order valence-electron chi connectivity index (χ2n) is 4.60. The number of carboxylic acid groups (broad SMARTS) is 6. The Morgan fingerprint density at radius 1 is 0.577 bits per heavy atom. The van der Waals surface area contributed by atoms with Crippen molar-refractivity contribution in [3.8, 4) is 0 Å². The Morgan fingerprint density at radius 3 is 1.04 bits per heavy atom. The molecule has 0 radical (unpaired) electrons. The topological polar surface area (TPSA) is 256 Å². The Balaban J connectivity index is 0. The summed E-state index contributed by atoms with van der Waals surface area (Å²) in [6.07, 6.45) is -4.24. The molecule has 0 aromatic rings. The van der Waals surface area contributed by atoms with E-state index in [1.165, 1.54) is 0 Å². The molecule has 0 fully saturated rings. The van der Waals surface area contributed by atoms with E-state index in [1.807, 2.05) is 5.32 Å². The number of hydrogen-bond donors (Lipinski definition) is 8. The summed E-state index contributed by atoms with van der Waals surface area (Å²) in [5, 5.41) is 60.1. The van der Waals surface area contributed by atoms with Gasteiger partial charge in [-0.3, -0.25) is 29.3 Å². The third-order valence-corrected chi connectivity index (χ3v) is 2.41. The van der Waals surface area contributed by atoms with Crippen molar-refractivity contribution in [2.75, 3.05) is 0 Å². The molecule has 0 rings (SSSR count). The molecule has 0 aromatic carbocycles. The van der Waals surface area contributed by atoms with Gasteiger partial charge < -0.3 is 35.7 Å². The zero-order valence-electron chi connectivity index (χ0n) is 12.9. The maximum absolute atomic E-state index is 10.6. The first-order valence-electron chi connectivity index (χ1n) is 6.55. The molecule has 0 heterocycles. The van der Waals surface area contributed by atoms with Crippen LogP contribution in [0.4, 0.5) is 0 Å². The van der Waals surface area contributed by atoms with Crippen molar-refractivity contribution in [1.82, 2.24) is 5.32 Å². The van der Waals surface area contributed by atoms with Gasteiger partial charge in [0.1, 0.15) is 12.1 Å². The van der Waals surface area contributed by atoms with Crippen LogP contribution in [-0.4, -0.2) is 89.7 Å². The predicted molar refractivity (Wildman–Crippen MR) is 76.4 cm³/mol. The molecule has 14 nitrogen and oxygen atoms in total. The molecule has 0 saturated carbocycles. The fourth-order valence-electron chi connectivity index (χ4n) is 1.28. The van der Waals surface area contributed by atoms with E-state index >= 15 is 0 Å². The van der Waals surface area contributed by atoms with E-state index in [4.69, 9.17) is 35.7 Å². The summed E-state index contributed by atoms with van der Waals surface area (Å²) in [5.41, 5.74) is 0. The molecule has 0 aliphatic carbocycles. The molecule has 0 spiro atoms. The maximum atomic E-state index is 10.6. The summed E-state index contributed by atoms with van der Waals surface area (Å²) in [4.78, 5) is 61.3. The molecule has 3 unspecified atom stereocenters. The quantitative estimate of drug-likeness (QED) is 0.181. The Kier molecular flexibility index (Phi) is 11.7. The van der Waals surface area contributed by atoms with Crippen molar-refractivity contribution in [2.45, 2.75) is 37.5 Å². The summed E-state index contributed by atoms with van der Waals surface area (Å²) in [7, 11) is 0. The smallest absolute Gasteiger partial charge is 0.333 e. The molecule has 8 N–H and O–H groups in total. The minimum Gasteiger partial charge on any atom is -0.481 e. The van der Waals surface area contributed by atoms with Crippen LogP contribution in [0.1, 0.15) is 19.3 Å². The highest BCUT2D eigenvalue weighted by Crippen LogP contribution is 2.00. The highest BCUT2D eigenvalue weighted by Gasteiger charge is 2.29. The molecule has 0 saturated heterocycles. The number of aliphatic hydroxyl groups is 1. The van der Waals surface area contributed by atoms with Gasteiger partial charge in [0.25, 0.3) is 0 Å². The van der Waals surface area contributed by atoms with E-state index in [2.05, 4.69) is 0 Å². The van der Waals surface area contributed by atoms with E-state index < -0.39 is 73.3 Å². The van der Waals surface area contributed by atoms with E-state index in [9.17, 15) is 28.8 Å². The van der Waals surface area contributed by atoms with Gasteiger partial charge in [-0.05, 0) is 0 Å². The second kappa shape index (κ2) is 12.2. The van der Waals surface area contributed by atoms with Gasteiger partial charge in [-0.1, -0.05) is 0 Å². The number of nitrogens with one attached hydrogen (secondary N) is 1. The maximum Gasteiger partial charge on any atom is 0.333 e. The lowest BCUT2D eigenvalue weighted by molar-refractivity contribution is -0.152. The first-order valence-corrected chi connectivity index (χ1v) is 6.55. The van der Waals surface area contributed by atoms with Gasteiger partial charge >= 0.3 is 35.8 Å². The monoisotopic (exact) mass is 383 g/mol. The number of aliphatic carboxylic acids is 6. The molecule has 26 heavy (non-hydrogen) atoms. The van der Waals surface area contributed by atoms with Crippen LogP contribution in [0.15, 0.2) is 0 Å². The van der Waals surface area contributed by atoms with Crippen molar-refractivity contribution in [1.29, 1.82) is 0 Å². The molecule has 148 valence electrons. The zero-order valence-corrected chi connectivity index (χ0v) is 12.9. The first kappa shape index (κ1) is 25.0. The van der Waals surface area contributed by atoms with Crippen LogP contribution in [-0.2, 0) is 28.8 Å². The SMILES string of the molecule is O=C(O)CC(NC(CC(=O)O)C(=O)O)C(=O)O.O=C(O)CC(O)C(=O)O. The summed E-state index contributed by atoms with van der Waals surface area (Å²) in [6.45, 7) is 0. The Hall–Kier alpha value is -3.26. The molecule has 3 atom stereocenters. The molecular formula is C12H17NO13. The molecule has 0 amide bonds. The van der Waals surface area contributed by atoms with E-state index in [0.717, 1.165) is 0 Å². The fourth-order valence-corrected chi connectivity index (χ4v) is 1.28. The highest BCUT2D eigenvalue weighted by atomic mass is 16.4. The van der Waals surface area contributed by atoms with Gasteiger partial charge in [0.05, 0.1) is 19.3 Å². The van der Waals surface area contributed by atoms with Crippen LogP contribution in [0, 0.1) is 0 Å². The zero-order chi connectivity index (χ0) is 21.0. The largest absolute Gasteiger partial charge is 0.481 e. The van der Waals surface area contributed by atoms with Crippen molar-refractivity contribution in [3.63, 3.8) is 0 Å². The van der Waals surface area contributed by atoms with Gasteiger partial charge in [-0.25, -0.2) is 4.79 Å². The molecule has 0 bridgehead atoms. The average molecular weight is 383 g/mol. The van der Waals surface area contributed by atoms with Crippen LogP contribution in [0.25, 0.3) is 0 Å². The van der Waals surface area contributed by atoms with E-state index in [-0.39, 0.29) is 0 Å². The summed E-state index contributed by atoms with van der Waals surface area (Å²) >= 11 is 0. The lowest BCUT2D eigenvalue weighted by atomic mass is 10.1. The van der Waals surface area contributed by atoms with Crippen molar-refractivity contribution < 1.29 is 64.5 Å². The standard InChI is InChI=1S/C8H11NO8.C4H6O5/c10-5(11)1-3(7(14)15)9-4(8(16)17)2-6(12)13;5-2(4(8)9)1-3(6)7/h3-4,9H,1-2H2,(H,10,11)(H,12,13)(H,14,15)(H,16,17);2,5H,1H2,(H,6,7)(H,8,9). The lowest BCUT2D eigenvalue weighted by Crippen LogP contribution is -2.48. The summed E-state index contributed by atoms with van der Waals surface area (Å²) in [5.74, 6) is -8.86. The predicted octanol–water partition coefficient (Wildman–Crippen LogP) is -2.66. The molecule has 14 heteroatoms. The van der Waals surface area contributed by atoms with Crippen molar-refractivity contribution in [2.24, 2.45) is 0 Å². The van der Waals surface area contributed by atoms with Crippen molar-refractivity contribution in [3.05, 3.63) is 0 Å². The van der Waals surface area contributed by atoms with Crippen LogP contribution in [0.3, 0.4) is 0 Å². The molecule has 0 aromatic heterocycles. The lowest BCUT2D eigenvalue weighted by Gasteiger charge is -2.17. The van der Waals surface area contributed by atoms with Crippen LogP contribution in [0.5, 0.6) is 0 Å². The summed E-state index contributed by atoms with van der Waals surface area (Å²) < 4.78 is 0. The van der Waals surface area contributed by atoms with Crippen molar-refractivity contribution >= 4 is 35.8 Å². The van der Waals surface area contributed by atoms with Crippen LogP contribution in [0.2, 0.25) is 0 Å². The Morgan fingerprint density at radius 2 is 0.885 bits per heavy atom. The fraction of sp³-hybridized carbons (Fsp3) is 0.500. The number of carboxylic acids is 6. The highest BCUT2D eigenvalue weighted by molar-refractivity contribution is 5.84. The summed E-state index contributed by atoms with van der Waals surface area (Å²) in [6, 6.07) is -3.32. The number of rotatable bonds is 11. The van der Waals surface area contributed by atoms with Gasteiger partial charge in [0.2, 0.25) is 0 Å². The van der Waals surface area contributed by atoms with Gasteiger partial charge in [-0.15, -0.1) is 0 Å². The van der Waals surface area contributed by atoms with Gasteiger partial charge in [-0.2, -0.15) is 0 Å². The van der Waals surface area contributed by atoms with Gasteiger partial charge in [0, 0.05) is 0 Å². The Bertz CT molecular complexity index is 525. The normalized spacial score (nSPS) is 13.3. The van der Waals surface area contributed by atoms with E-state index in [1.54, 1.807) is 0 Å². The third kappa shape index (κ3) is 13.2. The average Bonchev–Trinajstić information content (AvgIpc) is 2.44. The molecule has 0 aliphatic rings. The number of hydrogen-bond acceptors (Lipinski definition) is 8. The molecular weight excluding hydrogens is 366 g/mol. The number of carbonyl (C=O) groups is 6. The second-order valence-corrected chi connectivity index (χ2v) is 4.60. The van der Waals surface area contributed by atoms with Gasteiger partial charge in [0.15, 0.2) is 6.10 Å². The third-order valence-electron chi connectivity index (χ3n) is 2.41. The Labute approximate surface area is 144 Å². The van der Waals surface area contributed by atoms with E-state index in [0.29, 0.717) is 0 Å². The minimum atomic E-state index is -1.79. The minimum absolute atomic E-state index is 0.755. The first-order chi connectivity index (χ1) is 11.8. The number of aliphatic hydroxyl groups excluding tert-OH is 1. The van der Waals surface area contributed by atoms with Crippen LogP contribution >= 0.6 is 0 Å².